The van der Waals surface area contributed by atoms with Crippen LogP contribution in [0.15, 0.2) is 57.7 Å². The molecule has 0 saturated heterocycles. The molecule has 0 aromatic rings. The number of hydrogen-bond donors (Lipinski definition) is 0. The van der Waals surface area contributed by atoms with Gasteiger partial charge in [0.15, 0.2) is 5.78 Å². The molecule has 0 saturated carbocycles. The first kappa shape index (κ1) is 12.8. The Morgan fingerprint density at radius 1 is 1.32 bits per heavy atom. The van der Waals surface area contributed by atoms with Gasteiger partial charge >= 0.3 is 0 Å². The van der Waals surface area contributed by atoms with Crippen LogP contribution in [0.3, 0.4) is 0 Å². The summed E-state index contributed by atoms with van der Waals surface area (Å²) in [5.74, 6) is -0.110. The van der Waals surface area contributed by atoms with Crippen molar-refractivity contribution in [2.24, 2.45) is 0 Å². The molecule has 0 aromatic carbocycles. The van der Waals surface area contributed by atoms with Crippen molar-refractivity contribution in [1.82, 2.24) is 0 Å². The Hall–Kier alpha value is -2.65. The number of ketones is 1. The molecule has 3 nitrogen and oxygen atoms in total. The van der Waals surface area contributed by atoms with E-state index < -0.39 is 0 Å². The van der Waals surface area contributed by atoms with Crippen LogP contribution in [0.5, 0.6) is 0 Å². The number of carbonyl (C=O) groups excluding carboxylic acids is 1. The largest absolute Gasteiger partial charge is 0.289 e. The quantitative estimate of drug-likeness (QED) is 0.489. The Kier molecular flexibility index (Phi) is 3.31. The van der Waals surface area contributed by atoms with E-state index in [9.17, 15) is 4.79 Å². The molecular formula is C16H12N2O. The summed E-state index contributed by atoms with van der Waals surface area (Å²) in [6.45, 7) is 3.70. The minimum Gasteiger partial charge on any atom is -0.289 e. The van der Waals surface area contributed by atoms with Crippen molar-refractivity contribution < 1.29 is 4.79 Å². The minimum absolute atomic E-state index is 0.0101. The van der Waals surface area contributed by atoms with Crippen LogP contribution < -0.4 is 0 Å². The fraction of sp³-hybridized carbons (Fsp3) is 0.188. The van der Waals surface area contributed by atoms with Gasteiger partial charge in [0.1, 0.15) is 17.7 Å². The molecular weight excluding hydrogens is 236 g/mol. The number of allylic oxidation sites excluding steroid dienone is 10. The van der Waals surface area contributed by atoms with Crippen LogP contribution in [0.25, 0.3) is 0 Å². The molecule has 0 aromatic heterocycles. The van der Waals surface area contributed by atoms with Crippen molar-refractivity contribution >= 4 is 5.78 Å². The predicted octanol–water partition coefficient (Wildman–Crippen LogP) is 3.06. The van der Waals surface area contributed by atoms with E-state index in [1.54, 1.807) is 13.0 Å². The lowest BCUT2D eigenvalue weighted by molar-refractivity contribution is -0.111. The molecule has 0 aliphatic heterocycles. The summed E-state index contributed by atoms with van der Waals surface area (Å²) in [6.07, 6.45) is 8.07. The van der Waals surface area contributed by atoms with Gasteiger partial charge in [0.2, 0.25) is 0 Å². The monoisotopic (exact) mass is 248 g/mol. The molecule has 2 aliphatic carbocycles. The highest BCUT2D eigenvalue weighted by molar-refractivity contribution is 6.19. The summed E-state index contributed by atoms with van der Waals surface area (Å²) >= 11 is 0. The average molecular weight is 248 g/mol. The standard InChI is InChI=1S/C16H12N2O/c1-3-12-15(11(8-17)9-18)13-6-4-5-10(2)7-14(13)16(12)19/h3-4,6-7H,5H2,1-2H3/b12-3-. The maximum Gasteiger partial charge on any atom is 0.194 e. The van der Waals surface area contributed by atoms with Gasteiger partial charge < -0.3 is 0 Å². The smallest absolute Gasteiger partial charge is 0.194 e. The molecule has 2 aliphatic rings. The predicted molar refractivity (Wildman–Crippen MR) is 71.6 cm³/mol. The molecule has 3 heteroatoms. The number of carbonyl (C=O) groups is 1. The Bertz CT molecular complexity index is 682. The molecule has 0 spiro atoms. The summed E-state index contributed by atoms with van der Waals surface area (Å²) in [5, 5.41) is 18.1. The summed E-state index contributed by atoms with van der Waals surface area (Å²) < 4.78 is 0. The van der Waals surface area contributed by atoms with Crippen LogP contribution in [0.4, 0.5) is 0 Å². The second-order valence-electron chi connectivity index (χ2n) is 4.43. The van der Waals surface area contributed by atoms with Crippen molar-refractivity contribution in [1.29, 1.82) is 10.5 Å². The summed E-state index contributed by atoms with van der Waals surface area (Å²) in [7, 11) is 0. The Balaban J connectivity index is 2.82. The van der Waals surface area contributed by atoms with Gasteiger partial charge in [-0.1, -0.05) is 29.9 Å². The van der Waals surface area contributed by atoms with E-state index in [2.05, 4.69) is 0 Å². The Labute approximate surface area is 112 Å². The van der Waals surface area contributed by atoms with E-state index in [1.807, 2.05) is 37.3 Å². The number of hydrogen-bond acceptors (Lipinski definition) is 3. The molecule has 19 heavy (non-hydrogen) atoms. The molecule has 0 bridgehead atoms. The van der Waals surface area contributed by atoms with E-state index in [-0.39, 0.29) is 11.4 Å². The zero-order valence-corrected chi connectivity index (χ0v) is 10.8. The number of Topliss-reactive ketones (excluding diaryl/α,β-unsaturated/α-hetero) is 1. The maximum absolute atomic E-state index is 12.4. The first-order valence-electron chi connectivity index (χ1n) is 5.98. The SMILES string of the molecule is C/C=C1\C(=O)C2=C(C=CCC(C)=C2)C1=C(C#N)C#N. The second-order valence-corrected chi connectivity index (χ2v) is 4.43. The summed E-state index contributed by atoms with van der Waals surface area (Å²) in [6, 6.07) is 3.76. The van der Waals surface area contributed by atoms with Gasteiger partial charge in [0, 0.05) is 16.7 Å². The van der Waals surface area contributed by atoms with Crippen molar-refractivity contribution in [3.63, 3.8) is 0 Å². The maximum atomic E-state index is 12.4. The van der Waals surface area contributed by atoms with Crippen molar-refractivity contribution in [2.75, 3.05) is 0 Å². The molecule has 0 radical (unpaired) electrons. The van der Waals surface area contributed by atoms with E-state index in [0.29, 0.717) is 22.3 Å². The van der Waals surface area contributed by atoms with Gasteiger partial charge in [-0.15, -0.1) is 0 Å². The molecule has 0 fully saturated rings. The molecule has 0 unspecified atom stereocenters. The van der Waals surface area contributed by atoms with Crippen LogP contribution in [0.2, 0.25) is 0 Å². The fourth-order valence-electron chi connectivity index (χ4n) is 2.33. The molecule has 0 heterocycles. The Morgan fingerprint density at radius 3 is 2.58 bits per heavy atom. The number of rotatable bonds is 0. The third-order valence-electron chi connectivity index (χ3n) is 3.20. The third-order valence-corrected chi connectivity index (χ3v) is 3.20. The van der Waals surface area contributed by atoms with Gasteiger partial charge in [-0.2, -0.15) is 10.5 Å². The van der Waals surface area contributed by atoms with Crippen LogP contribution >= 0.6 is 0 Å². The van der Waals surface area contributed by atoms with Crippen LogP contribution in [-0.4, -0.2) is 5.78 Å². The zero-order chi connectivity index (χ0) is 14.0. The first-order chi connectivity index (χ1) is 9.13. The third kappa shape index (κ3) is 1.96. The van der Waals surface area contributed by atoms with Crippen molar-refractivity contribution in [3.05, 3.63) is 57.7 Å². The van der Waals surface area contributed by atoms with Gasteiger partial charge in [-0.25, -0.2) is 0 Å². The van der Waals surface area contributed by atoms with Crippen molar-refractivity contribution in [3.8, 4) is 12.1 Å². The highest BCUT2D eigenvalue weighted by Crippen LogP contribution is 2.38. The van der Waals surface area contributed by atoms with Gasteiger partial charge in [0.25, 0.3) is 0 Å². The molecule has 0 amide bonds. The molecule has 0 N–H and O–H groups in total. The molecule has 0 atom stereocenters. The van der Waals surface area contributed by atoms with E-state index in [4.69, 9.17) is 10.5 Å². The molecule has 92 valence electrons. The fourth-order valence-corrected chi connectivity index (χ4v) is 2.33. The summed E-state index contributed by atoms with van der Waals surface area (Å²) in [4.78, 5) is 12.4. The highest BCUT2D eigenvalue weighted by Gasteiger charge is 2.32. The zero-order valence-electron chi connectivity index (χ0n) is 10.8. The van der Waals surface area contributed by atoms with Crippen LogP contribution in [0, 0.1) is 22.7 Å². The van der Waals surface area contributed by atoms with Gasteiger partial charge in [-0.05, 0) is 25.8 Å². The second kappa shape index (κ2) is 4.92. The Morgan fingerprint density at radius 2 is 2.00 bits per heavy atom. The summed E-state index contributed by atoms with van der Waals surface area (Å²) in [5.41, 5.74) is 3.25. The van der Waals surface area contributed by atoms with Crippen molar-refractivity contribution in [2.45, 2.75) is 20.3 Å². The highest BCUT2D eigenvalue weighted by atomic mass is 16.1. The first-order valence-corrected chi connectivity index (χ1v) is 5.98. The lowest BCUT2D eigenvalue weighted by Crippen LogP contribution is -1.99. The van der Waals surface area contributed by atoms with E-state index in [0.717, 1.165) is 12.0 Å². The van der Waals surface area contributed by atoms with Crippen LogP contribution in [-0.2, 0) is 4.79 Å². The minimum atomic E-state index is -0.110. The van der Waals surface area contributed by atoms with Gasteiger partial charge in [-0.3, -0.25) is 4.79 Å². The lowest BCUT2D eigenvalue weighted by atomic mass is 9.98. The van der Waals surface area contributed by atoms with E-state index in [1.165, 1.54) is 0 Å². The lowest BCUT2D eigenvalue weighted by Gasteiger charge is -2.02. The number of nitrogens with zero attached hydrogens (tertiary/aromatic N) is 2. The van der Waals surface area contributed by atoms with Crippen LogP contribution in [0.1, 0.15) is 20.3 Å². The average Bonchev–Trinajstić information content (AvgIpc) is 2.55. The topological polar surface area (TPSA) is 64.7 Å². The van der Waals surface area contributed by atoms with E-state index >= 15 is 0 Å². The molecule has 2 rings (SSSR count). The van der Waals surface area contributed by atoms with Gasteiger partial charge in [0.05, 0.1) is 0 Å². The normalized spacial score (nSPS) is 19.8. The number of nitriles is 2.